The number of carbonyl (C=O) groups is 1. The number of ether oxygens (including phenoxy) is 2. The van der Waals surface area contributed by atoms with E-state index in [1.165, 1.54) is 6.92 Å². The molecule has 7 nitrogen and oxygen atoms in total. The van der Waals surface area contributed by atoms with Crippen LogP contribution in [0.1, 0.15) is 20.8 Å². The van der Waals surface area contributed by atoms with Gasteiger partial charge in [0, 0.05) is 0 Å². The standard InChI is InChI=1S/C13H22O7/c1-6(2)4-5-19-13(18)11(17)12-10(16)9(15)8(14)7(3)20-12/h4,7-12,14-17H,5H2,1-3H3/t7-,8-,9+,10+,11?,12?/m0/s1. The Hall–Kier alpha value is -0.990. The van der Waals surface area contributed by atoms with Crippen molar-refractivity contribution >= 4 is 5.97 Å². The summed E-state index contributed by atoms with van der Waals surface area (Å²) < 4.78 is 9.98. The van der Waals surface area contributed by atoms with Gasteiger partial charge in [-0.3, -0.25) is 0 Å². The average molecular weight is 290 g/mol. The summed E-state index contributed by atoms with van der Waals surface area (Å²) in [4.78, 5) is 11.6. The van der Waals surface area contributed by atoms with E-state index in [1.54, 1.807) is 6.08 Å². The molecule has 7 heteroatoms. The lowest BCUT2D eigenvalue weighted by molar-refractivity contribution is -0.240. The van der Waals surface area contributed by atoms with E-state index < -0.39 is 42.6 Å². The molecule has 6 atom stereocenters. The molecule has 0 radical (unpaired) electrons. The minimum absolute atomic E-state index is 0.00176. The first-order chi connectivity index (χ1) is 9.25. The van der Waals surface area contributed by atoms with Crippen molar-refractivity contribution in [2.75, 3.05) is 6.61 Å². The molecule has 116 valence electrons. The Kier molecular flexibility index (Phi) is 6.09. The smallest absolute Gasteiger partial charge is 0.338 e. The number of esters is 1. The van der Waals surface area contributed by atoms with Crippen molar-refractivity contribution in [2.24, 2.45) is 0 Å². The molecule has 0 bridgehead atoms. The lowest BCUT2D eigenvalue weighted by Crippen LogP contribution is -2.61. The van der Waals surface area contributed by atoms with Crippen LogP contribution >= 0.6 is 0 Å². The van der Waals surface area contributed by atoms with Gasteiger partial charge in [0.1, 0.15) is 31.0 Å². The zero-order chi connectivity index (χ0) is 15.4. The predicted molar refractivity (Wildman–Crippen MR) is 68.8 cm³/mol. The molecule has 1 fully saturated rings. The zero-order valence-corrected chi connectivity index (χ0v) is 11.8. The number of rotatable bonds is 4. The van der Waals surface area contributed by atoms with Gasteiger partial charge in [-0.05, 0) is 26.8 Å². The second-order valence-electron chi connectivity index (χ2n) is 5.13. The van der Waals surface area contributed by atoms with E-state index >= 15 is 0 Å². The highest BCUT2D eigenvalue weighted by molar-refractivity contribution is 5.75. The summed E-state index contributed by atoms with van der Waals surface area (Å²) >= 11 is 0. The molecule has 0 aliphatic carbocycles. The van der Waals surface area contributed by atoms with Crippen molar-refractivity contribution in [1.29, 1.82) is 0 Å². The Bertz CT molecular complexity index is 364. The van der Waals surface area contributed by atoms with Crippen LogP contribution < -0.4 is 0 Å². The maximum absolute atomic E-state index is 11.6. The summed E-state index contributed by atoms with van der Waals surface area (Å²) in [6, 6.07) is 0. The second-order valence-corrected chi connectivity index (χ2v) is 5.13. The maximum atomic E-state index is 11.6. The Labute approximate surface area is 117 Å². The fourth-order valence-corrected chi connectivity index (χ4v) is 1.85. The summed E-state index contributed by atoms with van der Waals surface area (Å²) in [6.07, 6.45) is -6.60. The Morgan fingerprint density at radius 1 is 1.25 bits per heavy atom. The highest BCUT2D eigenvalue weighted by Crippen LogP contribution is 2.23. The van der Waals surface area contributed by atoms with E-state index in [2.05, 4.69) is 0 Å². The molecule has 1 aliphatic rings. The first-order valence-electron chi connectivity index (χ1n) is 6.43. The van der Waals surface area contributed by atoms with Crippen LogP contribution in [0.25, 0.3) is 0 Å². The summed E-state index contributed by atoms with van der Waals surface area (Å²) in [6.45, 7) is 5.13. The summed E-state index contributed by atoms with van der Waals surface area (Å²) in [5, 5.41) is 38.7. The lowest BCUT2D eigenvalue weighted by Gasteiger charge is -2.40. The predicted octanol–water partition coefficient (Wildman–Crippen LogP) is -1.27. The first-order valence-corrected chi connectivity index (χ1v) is 6.43. The number of carbonyl (C=O) groups excluding carboxylic acids is 1. The molecule has 1 heterocycles. The van der Waals surface area contributed by atoms with Crippen LogP contribution in [0.3, 0.4) is 0 Å². The van der Waals surface area contributed by atoms with Crippen LogP contribution in [-0.4, -0.2) is 69.6 Å². The molecule has 0 aromatic carbocycles. The van der Waals surface area contributed by atoms with E-state index in [9.17, 15) is 25.2 Å². The Balaban J connectivity index is 2.63. The van der Waals surface area contributed by atoms with Gasteiger partial charge in [0.15, 0.2) is 6.10 Å². The fourth-order valence-electron chi connectivity index (χ4n) is 1.85. The zero-order valence-electron chi connectivity index (χ0n) is 11.8. The number of aliphatic hydroxyl groups excluding tert-OH is 4. The topological polar surface area (TPSA) is 116 Å². The number of hydrogen-bond donors (Lipinski definition) is 4. The number of aliphatic hydroxyl groups is 4. The third-order valence-electron chi connectivity index (χ3n) is 3.16. The van der Waals surface area contributed by atoms with E-state index in [0.717, 1.165) is 5.57 Å². The highest BCUT2D eigenvalue weighted by Gasteiger charge is 2.46. The van der Waals surface area contributed by atoms with Crippen LogP contribution in [0, 0.1) is 0 Å². The molecule has 1 rings (SSSR count). The summed E-state index contributed by atoms with van der Waals surface area (Å²) in [5.74, 6) is -0.956. The molecule has 2 unspecified atom stereocenters. The molecule has 0 spiro atoms. The number of allylic oxidation sites excluding steroid dienone is 1. The van der Waals surface area contributed by atoms with Crippen LogP contribution in [0.5, 0.6) is 0 Å². The third-order valence-corrected chi connectivity index (χ3v) is 3.16. The van der Waals surface area contributed by atoms with Crippen molar-refractivity contribution in [1.82, 2.24) is 0 Å². The van der Waals surface area contributed by atoms with Gasteiger partial charge in [0.05, 0.1) is 6.10 Å². The fraction of sp³-hybridized carbons (Fsp3) is 0.769. The second kappa shape index (κ2) is 7.14. The third kappa shape index (κ3) is 4.00. The Morgan fingerprint density at radius 3 is 2.40 bits per heavy atom. The van der Waals surface area contributed by atoms with Gasteiger partial charge < -0.3 is 29.9 Å². The summed E-state index contributed by atoms with van der Waals surface area (Å²) in [7, 11) is 0. The van der Waals surface area contributed by atoms with Crippen LogP contribution in [-0.2, 0) is 14.3 Å². The van der Waals surface area contributed by atoms with Crippen LogP contribution in [0.15, 0.2) is 11.6 Å². The van der Waals surface area contributed by atoms with E-state index in [0.29, 0.717) is 0 Å². The van der Waals surface area contributed by atoms with Crippen molar-refractivity contribution < 1.29 is 34.7 Å². The molecule has 1 aliphatic heterocycles. The maximum Gasteiger partial charge on any atom is 0.338 e. The monoisotopic (exact) mass is 290 g/mol. The Morgan fingerprint density at radius 2 is 1.85 bits per heavy atom. The van der Waals surface area contributed by atoms with Crippen molar-refractivity contribution in [2.45, 2.75) is 57.4 Å². The van der Waals surface area contributed by atoms with Crippen LogP contribution in [0.4, 0.5) is 0 Å². The molecule has 4 N–H and O–H groups in total. The van der Waals surface area contributed by atoms with Gasteiger partial charge in [-0.25, -0.2) is 4.79 Å². The summed E-state index contributed by atoms with van der Waals surface area (Å²) in [5.41, 5.74) is 0.952. The SMILES string of the molecule is CC(C)=CCOC(=O)C(O)C1O[C@@H](C)[C@H](O)[C@@H](O)[C@H]1O. The van der Waals surface area contributed by atoms with Crippen LogP contribution in [0.2, 0.25) is 0 Å². The molecule has 1 saturated heterocycles. The van der Waals surface area contributed by atoms with Crippen molar-refractivity contribution in [3.63, 3.8) is 0 Å². The molecule has 0 aromatic rings. The molecule has 0 saturated carbocycles. The minimum Gasteiger partial charge on any atom is -0.459 e. The molecule has 20 heavy (non-hydrogen) atoms. The minimum atomic E-state index is -1.74. The van der Waals surface area contributed by atoms with E-state index in [-0.39, 0.29) is 6.61 Å². The molecular weight excluding hydrogens is 268 g/mol. The number of hydrogen-bond acceptors (Lipinski definition) is 7. The average Bonchev–Trinajstić information content (AvgIpc) is 2.39. The van der Waals surface area contributed by atoms with E-state index in [1.807, 2.05) is 13.8 Å². The van der Waals surface area contributed by atoms with Crippen molar-refractivity contribution in [3.8, 4) is 0 Å². The normalized spacial score (nSPS) is 35.2. The largest absolute Gasteiger partial charge is 0.459 e. The van der Waals surface area contributed by atoms with Gasteiger partial charge >= 0.3 is 5.97 Å². The molecule has 0 aromatic heterocycles. The van der Waals surface area contributed by atoms with Gasteiger partial charge in [0.2, 0.25) is 0 Å². The lowest BCUT2D eigenvalue weighted by atomic mass is 9.93. The van der Waals surface area contributed by atoms with Gasteiger partial charge in [-0.2, -0.15) is 0 Å². The van der Waals surface area contributed by atoms with Gasteiger partial charge in [-0.15, -0.1) is 0 Å². The van der Waals surface area contributed by atoms with E-state index in [4.69, 9.17) is 9.47 Å². The van der Waals surface area contributed by atoms with Gasteiger partial charge in [0.25, 0.3) is 0 Å². The first kappa shape index (κ1) is 17.1. The highest BCUT2D eigenvalue weighted by atomic mass is 16.6. The van der Waals surface area contributed by atoms with Gasteiger partial charge in [-0.1, -0.05) is 5.57 Å². The molecule has 0 amide bonds. The van der Waals surface area contributed by atoms with Crippen molar-refractivity contribution in [3.05, 3.63) is 11.6 Å². The quantitative estimate of drug-likeness (QED) is 0.376. The molecular formula is C13H22O7.